The summed E-state index contributed by atoms with van der Waals surface area (Å²) in [7, 11) is 0. The molecule has 1 unspecified atom stereocenters. The van der Waals surface area contributed by atoms with Crippen molar-refractivity contribution in [2.45, 2.75) is 31.9 Å². The number of aliphatic hydroxyl groups excluding tert-OH is 1. The largest absolute Gasteiger partial charge is 0.393 e. The maximum Gasteiger partial charge on any atom is 0.0794 e. The van der Waals surface area contributed by atoms with E-state index >= 15 is 0 Å². The molecule has 1 aliphatic rings. The first-order valence-electron chi connectivity index (χ1n) is 5.05. The third kappa shape index (κ3) is 2.32. The van der Waals surface area contributed by atoms with Crippen LogP contribution in [0.1, 0.15) is 30.7 Å². The summed E-state index contributed by atoms with van der Waals surface area (Å²) in [4.78, 5) is 5.34. The Balaban J connectivity index is 1.71. The molecule has 1 aromatic rings. The standard InChI is InChI=1S/C10H16N2OS/c1-7(10-5-11-6-14-10)12-4-8-2-9(13)3-8/h5-9,12-13H,2-4H2,1H3. The van der Waals surface area contributed by atoms with Crippen LogP contribution in [0.25, 0.3) is 0 Å². The predicted molar refractivity (Wildman–Crippen MR) is 57.3 cm³/mol. The number of thiazole rings is 1. The lowest BCUT2D eigenvalue weighted by Gasteiger charge is -2.32. The van der Waals surface area contributed by atoms with E-state index in [1.54, 1.807) is 11.3 Å². The summed E-state index contributed by atoms with van der Waals surface area (Å²) in [5.74, 6) is 0.667. The highest BCUT2D eigenvalue weighted by Crippen LogP contribution is 2.27. The second-order valence-electron chi connectivity index (χ2n) is 4.02. The third-order valence-corrected chi connectivity index (χ3v) is 3.76. The van der Waals surface area contributed by atoms with E-state index in [2.05, 4.69) is 17.2 Å². The summed E-state index contributed by atoms with van der Waals surface area (Å²) in [6.07, 6.45) is 3.79. The summed E-state index contributed by atoms with van der Waals surface area (Å²) in [5.41, 5.74) is 1.86. The highest BCUT2D eigenvalue weighted by Gasteiger charge is 2.27. The van der Waals surface area contributed by atoms with Gasteiger partial charge in [0.2, 0.25) is 0 Å². The minimum atomic E-state index is -0.0412. The fourth-order valence-corrected chi connectivity index (χ4v) is 2.40. The normalized spacial score (nSPS) is 28.4. The van der Waals surface area contributed by atoms with Gasteiger partial charge >= 0.3 is 0 Å². The van der Waals surface area contributed by atoms with E-state index in [0.29, 0.717) is 12.0 Å². The summed E-state index contributed by atoms with van der Waals surface area (Å²) >= 11 is 1.69. The second kappa shape index (κ2) is 4.38. The molecule has 0 saturated heterocycles. The van der Waals surface area contributed by atoms with Crippen molar-refractivity contribution < 1.29 is 5.11 Å². The molecule has 2 rings (SSSR count). The summed E-state index contributed by atoms with van der Waals surface area (Å²) < 4.78 is 0. The quantitative estimate of drug-likeness (QED) is 0.796. The Morgan fingerprint density at radius 1 is 1.71 bits per heavy atom. The molecule has 1 atom stereocenters. The van der Waals surface area contributed by atoms with Crippen molar-refractivity contribution in [3.63, 3.8) is 0 Å². The van der Waals surface area contributed by atoms with Gasteiger partial charge in [-0.3, -0.25) is 4.98 Å². The zero-order valence-corrected chi connectivity index (χ0v) is 9.13. The van der Waals surface area contributed by atoms with Gasteiger partial charge in [-0.15, -0.1) is 11.3 Å². The molecule has 0 radical (unpaired) electrons. The molecule has 2 N–H and O–H groups in total. The number of nitrogens with one attached hydrogen (secondary N) is 1. The minimum absolute atomic E-state index is 0.0412. The van der Waals surface area contributed by atoms with Gasteiger partial charge in [0.15, 0.2) is 0 Å². The summed E-state index contributed by atoms with van der Waals surface area (Å²) in [6.45, 7) is 3.17. The van der Waals surface area contributed by atoms with Gasteiger partial charge in [-0.2, -0.15) is 0 Å². The van der Waals surface area contributed by atoms with Crippen LogP contribution in [0.5, 0.6) is 0 Å². The molecule has 1 saturated carbocycles. The number of aromatic nitrogens is 1. The molecule has 78 valence electrons. The van der Waals surface area contributed by atoms with E-state index in [4.69, 9.17) is 5.11 Å². The lowest BCUT2D eigenvalue weighted by Crippen LogP contribution is -2.36. The number of rotatable bonds is 4. The smallest absolute Gasteiger partial charge is 0.0794 e. The SMILES string of the molecule is CC(NCC1CC(O)C1)c1cncs1. The Hall–Kier alpha value is -0.450. The van der Waals surface area contributed by atoms with E-state index in [-0.39, 0.29) is 6.10 Å². The molecule has 0 aromatic carbocycles. The number of aliphatic hydroxyl groups is 1. The van der Waals surface area contributed by atoms with Gasteiger partial charge in [-0.1, -0.05) is 0 Å². The van der Waals surface area contributed by atoms with E-state index in [0.717, 1.165) is 19.4 Å². The molecular weight excluding hydrogens is 196 g/mol. The topological polar surface area (TPSA) is 45.1 Å². The zero-order valence-electron chi connectivity index (χ0n) is 8.31. The Labute approximate surface area is 88.2 Å². The highest BCUT2D eigenvalue weighted by molar-refractivity contribution is 7.09. The fourth-order valence-electron chi connectivity index (χ4n) is 1.75. The van der Waals surface area contributed by atoms with Gasteiger partial charge in [-0.05, 0) is 32.2 Å². The molecule has 3 nitrogen and oxygen atoms in total. The monoisotopic (exact) mass is 212 g/mol. The van der Waals surface area contributed by atoms with Crippen LogP contribution in [0.4, 0.5) is 0 Å². The molecule has 0 bridgehead atoms. The molecule has 1 aromatic heterocycles. The molecule has 1 fully saturated rings. The predicted octanol–water partition coefficient (Wildman–Crippen LogP) is 1.56. The lowest BCUT2D eigenvalue weighted by atomic mass is 9.82. The highest BCUT2D eigenvalue weighted by atomic mass is 32.1. The van der Waals surface area contributed by atoms with Gasteiger partial charge in [-0.25, -0.2) is 0 Å². The zero-order chi connectivity index (χ0) is 9.97. The van der Waals surface area contributed by atoms with Crippen molar-refractivity contribution in [2.75, 3.05) is 6.54 Å². The molecule has 4 heteroatoms. The third-order valence-electron chi connectivity index (χ3n) is 2.80. The van der Waals surface area contributed by atoms with Crippen LogP contribution in [0.15, 0.2) is 11.7 Å². The van der Waals surface area contributed by atoms with Crippen molar-refractivity contribution in [3.05, 3.63) is 16.6 Å². The Morgan fingerprint density at radius 3 is 3.07 bits per heavy atom. The van der Waals surface area contributed by atoms with Crippen LogP contribution in [0.3, 0.4) is 0 Å². The van der Waals surface area contributed by atoms with Crippen LogP contribution in [-0.4, -0.2) is 22.7 Å². The van der Waals surface area contributed by atoms with Gasteiger partial charge < -0.3 is 10.4 Å². The summed E-state index contributed by atoms with van der Waals surface area (Å²) in [6, 6.07) is 0.389. The molecule has 14 heavy (non-hydrogen) atoms. The molecular formula is C10H16N2OS. The maximum absolute atomic E-state index is 9.13. The average molecular weight is 212 g/mol. The van der Waals surface area contributed by atoms with Crippen molar-refractivity contribution in [2.24, 2.45) is 5.92 Å². The van der Waals surface area contributed by atoms with Gasteiger partial charge in [0, 0.05) is 17.1 Å². The first-order chi connectivity index (χ1) is 6.75. The molecule has 0 spiro atoms. The van der Waals surface area contributed by atoms with Crippen LogP contribution >= 0.6 is 11.3 Å². The van der Waals surface area contributed by atoms with Crippen molar-refractivity contribution in [1.29, 1.82) is 0 Å². The Morgan fingerprint density at radius 2 is 2.50 bits per heavy atom. The molecule has 1 heterocycles. The minimum Gasteiger partial charge on any atom is -0.393 e. The Bertz CT molecular complexity index is 270. The van der Waals surface area contributed by atoms with E-state index < -0.39 is 0 Å². The van der Waals surface area contributed by atoms with Crippen LogP contribution in [-0.2, 0) is 0 Å². The van der Waals surface area contributed by atoms with Crippen molar-refractivity contribution in [1.82, 2.24) is 10.3 Å². The number of hydrogen-bond acceptors (Lipinski definition) is 4. The van der Waals surface area contributed by atoms with Crippen molar-refractivity contribution in [3.8, 4) is 0 Å². The molecule has 0 amide bonds. The van der Waals surface area contributed by atoms with Gasteiger partial charge in [0.1, 0.15) is 0 Å². The lowest BCUT2D eigenvalue weighted by molar-refractivity contribution is 0.0421. The van der Waals surface area contributed by atoms with Gasteiger partial charge in [0.05, 0.1) is 11.6 Å². The van der Waals surface area contributed by atoms with Crippen LogP contribution in [0.2, 0.25) is 0 Å². The number of hydrogen-bond donors (Lipinski definition) is 2. The molecule has 1 aliphatic carbocycles. The average Bonchev–Trinajstić information content (AvgIpc) is 2.62. The molecule has 0 aliphatic heterocycles. The summed E-state index contributed by atoms with van der Waals surface area (Å²) in [5, 5.41) is 12.6. The Kier molecular flexibility index (Phi) is 3.15. The van der Waals surface area contributed by atoms with E-state index in [1.165, 1.54) is 4.88 Å². The van der Waals surface area contributed by atoms with Gasteiger partial charge in [0.25, 0.3) is 0 Å². The van der Waals surface area contributed by atoms with Crippen molar-refractivity contribution >= 4 is 11.3 Å². The van der Waals surface area contributed by atoms with Crippen LogP contribution < -0.4 is 5.32 Å². The first kappa shape index (κ1) is 10.1. The van der Waals surface area contributed by atoms with Crippen LogP contribution in [0, 0.1) is 5.92 Å². The van der Waals surface area contributed by atoms with E-state index in [9.17, 15) is 0 Å². The second-order valence-corrected chi connectivity index (χ2v) is 4.94. The number of nitrogens with zero attached hydrogens (tertiary/aromatic N) is 1. The maximum atomic E-state index is 9.13. The fraction of sp³-hybridized carbons (Fsp3) is 0.700. The van der Waals surface area contributed by atoms with E-state index in [1.807, 2.05) is 11.7 Å². The first-order valence-corrected chi connectivity index (χ1v) is 5.93.